The van der Waals surface area contributed by atoms with E-state index in [1.54, 1.807) is 6.07 Å². The van der Waals surface area contributed by atoms with E-state index in [2.05, 4.69) is 6.92 Å². The van der Waals surface area contributed by atoms with Crippen LogP contribution in [0.3, 0.4) is 0 Å². The molecule has 0 heterocycles. The van der Waals surface area contributed by atoms with E-state index in [0.29, 0.717) is 17.4 Å². The van der Waals surface area contributed by atoms with Crippen molar-refractivity contribution >= 4 is 20.9 Å². The van der Waals surface area contributed by atoms with Gasteiger partial charge in [0.05, 0.1) is 0 Å². The molecule has 20 heavy (non-hydrogen) atoms. The van der Waals surface area contributed by atoms with Crippen molar-refractivity contribution in [2.45, 2.75) is 44.4 Å². The van der Waals surface area contributed by atoms with Gasteiger partial charge in [0.15, 0.2) is 0 Å². The minimum Gasteiger partial charge on any atom is -0.282 e. The number of aryl methyl sites for hydroxylation is 2. The summed E-state index contributed by atoms with van der Waals surface area (Å²) in [6.07, 6.45) is 3.38. The van der Waals surface area contributed by atoms with Crippen LogP contribution >= 0.6 is 0 Å². The minimum absolute atomic E-state index is 0.0785. The number of rotatable bonds is 5. The van der Waals surface area contributed by atoms with Gasteiger partial charge in [0.25, 0.3) is 10.1 Å². The number of hydrogen-bond acceptors (Lipinski definition) is 2. The van der Waals surface area contributed by atoms with Crippen LogP contribution < -0.4 is 0 Å². The molecule has 0 saturated heterocycles. The van der Waals surface area contributed by atoms with Gasteiger partial charge in [-0.3, -0.25) is 4.55 Å². The van der Waals surface area contributed by atoms with Crippen molar-refractivity contribution in [3.63, 3.8) is 0 Å². The number of fused-ring (bicyclic) bond motifs is 1. The smallest absolute Gasteiger partial charge is 0.282 e. The zero-order valence-electron chi connectivity index (χ0n) is 11.9. The van der Waals surface area contributed by atoms with Crippen LogP contribution in [-0.2, 0) is 23.0 Å². The van der Waals surface area contributed by atoms with Gasteiger partial charge in [-0.15, -0.1) is 0 Å². The Morgan fingerprint density at radius 1 is 1.00 bits per heavy atom. The highest BCUT2D eigenvalue weighted by Crippen LogP contribution is 2.29. The van der Waals surface area contributed by atoms with Crippen LogP contribution in [0.4, 0.5) is 0 Å². The van der Waals surface area contributed by atoms with E-state index in [9.17, 15) is 13.0 Å². The third kappa shape index (κ3) is 3.02. The molecule has 0 bridgehead atoms. The molecule has 2 rings (SSSR count). The molecular formula is C16H20O3S. The normalized spacial score (nSPS) is 11.9. The minimum atomic E-state index is -4.21. The number of hydrogen-bond donors (Lipinski definition) is 1. The molecule has 0 spiro atoms. The van der Waals surface area contributed by atoms with Crippen LogP contribution in [0.15, 0.2) is 35.2 Å². The van der Waals surface area contributed by atoms with Crippen molar-refractivity contribution in [2.75, 3.05) is 0 Å². The van der Waals surface area contributed by atoms with Gasteiger partial charge in [-0.2, -0.15) is 8.42 Å². The summed E-state index contributed by atoms with van der Waals surface area (Å²) in [5.74, 6) is 0. The molecule has 108 valence electrons. The first-order valence-electron chi connectivity index (χ1n) is 6.99. The Bertz CT molecular complexity index is 713. The van der Waals surface area contributed by atoms with Crippen molar-refractivity contribution in [1.82, 2.24) is 0 Å². The van der Waals surface area contributed by atoms with E-state index in [1.807, 2.05) is 31.2 Å². The average Bonchev–Trinajstić information content (AvgIpc) is 2.37. The Morgan fingerprint density at radius 2 is 1.65 bits per heavy atom. The lowest BCUT2D eigenvalue weighted by molar-refractivity contribution is 0.483. The van der Waals surface area contributed by atoms with Gasteiger partial charge in [-0.05, 0) is 35.4 Å². The van der Waals surface area contributed by atoms with Crippen molar-refractivity contribution in [3.05, 3.63) is 41.5 Å². The zero-order chi connectivity index (χ0) is 14.8. The molecule has 0 atom stereocenters. The predicted molar refractivity (Wildman–Crippen MR) is 81.8 cm³/mol. The Balaban J connectivity index is 2.77. The maximum absolute atomic E-state index is 11.8. The molecule has 0 fully saturated rings. The van der Waals surface area contributed by atoms with E-state index in [0.717, 1.165) is 30.2 Å². The molecule has 0 aliphatic rings. The van der Waals surface area contributed by atoms with Gasteiger partial charge >= 0.3 is 0 Å². The average molecular weight is 292 g/mol. The van der Waals surface area contributed by atoms with E-state index >= 15 is 0 Å². The van der Waals surface area contributed by atoms with E-state index in [1.165, 1.54) is 0 Å². The molecule has 2 aromatic carbocycles. The summed E-state index contributed by atoms with van der Waals surface area (Å²) in [5.41, 5.74) is 1.79. The molecule has 0 aromatic heterocycles. The van der Waals surface area contributed by atoms with Crippen molar-refractivity contribution in [2.24, 2.45) is 0 Å². The van der Waals surface area contributed by atoms with E-state index < -0.39 is 10.1 Å². The zero-order valence-corrected chi connectivity index (χ0v) is 12.7. The van der Waals surface area contributed by atoms with Crippen LogP contribution in [0.25, 0.3) is 10.8 Å². The molecule has 2 aromatic rings. The van der Waals surface area contributed by atoms with Gasteiger partial charge < -0.3 is 0 Å². The molecule has 0 aliphatic carbocycles. The number of benzene rings is 2. The van der Waals surface area contributed by atoms with Crippen molar-refractivity contribution < 1.29 is 13.0 Å². The van der Waals surface area contributed by atoms with E-state index in [4.69, 9.17) is 0 Å². The van der Waals surface area contributed by atoms with Crippen LogP contribution in [0.5, 0.6) is 0 Å². The highest BCUT2D eigenvalue weighted by molar-refractivity contribution is 7.86. The summed E-state index contributed by atoms with van der Waals surface area (Å²) >= 11 is 0. The van der Waals surface area contributed by atoms with Gasteiger partial charge in [0.1, 0.15) is 4.90 Å². The van der Waals surface area contributed by atoms with Gasteiger partial charge in [-0.25, -0.2) is 0 Å². The standard InChI is InChI=1S/C16H20O3S/c1-3-5-12-7-8-13-9-10-14(6-4-2)16(15(13)11-12)20(17,18)19/h7-11H,3-6H2,1-2H3,(H,17,18,19). The molecule has 0 saturated carbocycles. The summed E-state index contributed by atoms with van der Waals surface area (Å²) in [7, 11) is -4.21. The summed E-state index contributed by atoms with van der Waals surface area (Å²) < 4.78 is 33.1. The summed E-state index contributed by atoms with van der Waals surface area (Å²) in [4.78, 5) is 0.0785. The Hall–Kier alpha value is -1.39. The second-order valence-corrected chi connectivity index (χ2v) is 6.44. The lowest BCUT2D eigenvalue weighted by Gasteiger charge is -2.11. The molecule has 0 amide bonds. The van der Waals surface area contributed by atoms with Gasteiger partial charge in [0, 0.05) is 5.39 Å². The second-order valence-electron chi connectivity index (χ2n) is 5.08. The summed E-state index contributed by atoms with van der Waals surface area (Å²) in [6.45, 7) is 4.08. The quantitative estimate of drug-likeness (QED) is 0.848. The SMILES string of the molecule is CCCc1ccc2ccc(CCC)c(S(=O)(=O)O)c2c1. The van der Waals surface area contributed by atoms with Gasteiger partial charge in [-0.1, -0.05) is 51.0 Å². The Morgan fingerprint density at radius 3 is 2.25 bits per heavy atom. The second kappa shape index (κ2) is 5.94. The largest absolute Gasteiger partial charge is 0.295 e. The highest BCUT2D eigenvalue weighted by Gasteiger charge is 2.19. The van der Waals surface area contributed by atoms with Crippen LogP contribution in [-0.4, -0.2) is 13.0 Å². The molecular weight excluding hydrogens is 272 g/mol. The molecule has 4 heteroatoms. The molecule has 0 unspecified atom stereocenters. The molecule has 3 nitrogen and oxygen atoms in total. The summed E-state index contributed by atoms with van der Waals surface area (Å²) in [5, 5.41) is 1.47. The fourth-order valence-corrected chi connectivity index (χ4v) is 3.56. The lowest BCUT2D eigenvalue weighted by atomic mass is 10.0. The monoisotopic (exact) mass is 292 g/mol. The fourth-order valence-electron chi connectivity index (χ4n) is 2.60. The lowest BCUT2D eigenvalue weighted by Crippen LogP contribution is -2.04. The first-order valence-corrected chi connectivity index (χ1v) is 8.43. The van der Waals surface area contributed by atoms with Crippen LogP contribution in [0.2, 0.25) is 0 Å². The Labute approximate surface area is 120 Å². The highest BCUT2D eigenvalue weighted by atomic mass is 32.2. The topological polar surface area (TPSA) is 54.4 Å². The fraction of sp³-hybridized carbons (Fsp3) is 0.375. The third-order valence-electron chi connectivity index (χ3n) is 3.43. The third-order valence-corrected chi connectivity index (χ3v) is 4.43. The molecule has 0 aliphatic heterocycles. The van der Waals surface area contributed by atoms with E-state index in [-0.39, 0.29) is 4.90 Å². The maximum atomic E-state index is 11.8. The molecule has 0 radical (unpaired) electrons. The first-order chi connectivity index (χ1) is 9.47. The van der Waals surface area contributed by atoms with Crippen molar-refractivity contribution in [3.8, 4) is 0 Å². The predicted octanol–water partition coefficient (Wildman–Crippen LogP) is 3.99. The van der Waals surface area contributed by atoms with Crippen LogP contribution in [0.1, 0.15) is 37.8 Å². The Kier molecular flexibility index (Phi) is 4.45. The molecule has 1 N–H and O–H groups in total. The summed E-state index contributed by atoms with van der Waals surface area (Å²) in [6, 6.07) is 9.55. The van der Waals surface area contributed by atoms with Crippen LogP contribution in [0, 0.1) is 0 Å². The maximum Gasteiger partial charge on any atom is 0.295 e. The van der Waals surface area contributed by atoms with Gasteiger partial charge in [0.2, 0.25) is 0 Å². The first kappa shape index (κ1) is 15.0. The van der Waals surface area contributed by atoms with Crippen molar-refractivity contribution in [1.29, 1.82) is 0 Å².